The van der Waals surface area contributed by atoms with Crippen LogP contribution in [0.3, 0.4) is 0 Å². The van der Waals surface area contributed by atoms with Gasteiger partial charge in [-0.2, -0.15) is 4.98 Å². The molecule has 1 amide bonds. The second-order valence-electron chi connectivity index (χ2n) is 6.55. The van der Waals surface area contributed by atoms with Crippen molar-refractivity contribution < 1.29 is 9.21 Å². The van der Waals surface area contributed by atoms with Crippen LogP contribution in [0, 0.1) is 5.92 Å². The molecule has 2 aromatic heterocycles. The number of carbonyl (C=O) groups excluding carboxylic acids is 1. The summed E-state index contributed by atoms with van der Waals surface area (Å²) in [5.41, 5.74) is 1.35. The molecule has 0 spiro atoms. The van der Waals surface area contributed by atoms with Gasteiger partial charge in [0.15, 0.2) is 0 Å². The minimum Gasteiger partial charge on any atom is -0.404 e. The van der Waals surface area contributed by atoms with E-state index in [0.717, 1.165) is 38.1 Å². The predicted molar refractivity (Wildman–Crippen MR) is 87.2 cm³/mol. The lowest BCUT2D eigenvalue weighted by molar-refractivity contribution is -0.132. The Hall–Kier alpha value is -2.11. The number of fused-ring (bicyclic) bond motifs is 1. The molecule has 0 atom stereocenters. The molecule has 0 bridgehead atoms. The van der Waals surface area contributed by atoms with E-state index in [1.54, 1.807) is 6.20 Å². The predicted octanol–water partition coefficient (Wildman–Crippen LogP) is 2.45. The molecule has 2 fully saturated rings. The van der Waals surface area contributed by atoms with Crippen molar-refractivity contribution in [2.45, 2.75) is 32.1 Å². The van der Waals surface area contributed by atoms with E-state index in [0.29, 0.717) is 23.6 Å². The third kappa shape index (κ3) is 3.02. The molecule has 1 aliphatic heterocycles. The molecule has 23 heavy (non-hydrogen) atoms. The molecule has 3 heterocycles. The van der Waals surface area contributed by atoms with Crippen LogP contribution in [0.5, 0.6) is 0 Å². The summed E-state index contributed by atoms with van der Waals surface area (Å²) in [5, 5.41) is 0. The highest BCUT2D eigenvalue weighted by Gasteiger charge is 2.26. The van der Waals surface area contributed by atoms with Gasteiger partial charge in [0.05, 0.1) is 0 Å². The number of oxazole rings is 1. The number of amides is 1. The summed E-state index contributed by atoms with van der Waals surface area (Å²) in [4.78, 5) is 25.2. The first kappa shape index (κ1) is 14.5. The summed E-state index contributed by atoms with van der Waals surface area (Å²) in [6.07, 6.45) is 7.46. The number of hydrogen-bond donors (Lipinski definition) is 0. The van der Waals surface area contributed by atoms with E-state index in [9.17, 15) is 4.79 Å². The van der Waals surface area contributed by atoms with Gasteiger partial charge in [0.1, 0.15) is 5.52 Å². The number of pyridine rings is 1. The number of aromatic nitrogens is 2. The van der Waals surface area contributed by atoms with Gasteiger partial charge in [-0.1, -0.05) is 12.8 Å². The zero-order valence-corrected chi connectivity index (χ0v) is 13.3. The Morgan fingerprint density at radius 3 is 2.74 bits per heavy atom. The normalized spacial score (nSPS) is 19.7. The second kappa shape index (κ2) is 6.18. The smallest absolute Gasteiger partial charge is 0.299 e. The number of anilines is 1. The average molecular weight is 314 g/mol. The Morgan fingerprint density at radius 2 is 2.00 bits per heavy atom. The third-order valence-electron chi connectivity index (χ3n) is 5.00. The summed E-state index contributed by atoms with van der Waals surface area (Å²) < 4.78 is 5.71. The fourth-order valence-electron chi connectivity index (χ4n) is 3.63. The van der Waals surface area contributed by atoms with Crippen molar-refractivity contribution >= 4 is 23.2 Å². The van der Waals surface area contributed by atoms with Crippen molar-refractivity contribution in [2.24, 2.45) is 5.92 Å². The molecule has 4 rings (SSSR count). The van der Waals surface area contributed by atoms with Gasteiger partial charge in [0.2, 0.25) is 11.6 Å². The van der Waals surface area contributed by atoms with Gasteiger partial charge < -0.3 is 14.2 Å². The monoisotopic (exact) mass is 314 g/mol. The highest BCUT2D eigenvalue weighted by molar-refractivity contribution is 5.77. The van der Waals surface area contributed by atoms with Crippen LogP contribution in [0.2, 0.25) is 0 Å². The Kier molecular flexibility index (Phi) is 3.89. The summed E-state index contributed by atoms with van der Waals surface area (Å²) in [6.45, 7) is 3.03. The lowest BCUT2D eigenvalue weighted by atomic mass is 10.0. The van der Waals surface area contributed by atoms with E-state index in [-0.39, 0.29) is 0 Å². The molecule has 2 aromatic rings. The first-order valence-electron chi connectivity index (χ1n) is 8.54. The lowest BCUT2D eigenvalue weighted by Crippen LogP contribution is -2.49. The number of nitrogens with zero attached hydrogens (tertiary/aromatic N) is 4. The number of rotatable bonds is 3. The van der Waals surface area contributed by atoms with E-state index in [2.05, 4.69) is 14.9 Å². The van der Waals surface area contributed by atoms with Crippen molar-refractivity contribution in [1.29, 1.82) is 0 Å². The van der Waals surface area contributed by atoms with E-state index in [4.69, 9.17) is 4.42 Å². The molecule has 1 saturated carbocycles. The molecule has 1 saturated heterocycles. The van der Waals surface area contributed by atoms with Crippen LogP contribution in [-0.2, 0) is 4.79 Å². The zero-order chi connectivity index (χ0) is 15.6. The number of hydrogen-bond acceptors (Lipinski definition) is 5. The second-order valence-corrected chi connectivity index (χ2v) is 6.55. The molecule has 0 aromatic carbocycles. The van der Waals surface area contributed by atoms with Crippen molar-refractivity contribution in [3.63, 3.8) is 0 Å². The van der Waals surface area contributed by atoms with Crippen LogP contribution in [0.1, 0.15) is 32.1 Å². The summed E-state index contributed by atoms with van der Waals surface area (Å²) in [6, 6.07) is 4.37. The molecule has 122 valence electrons. The van der Waals surface area contributed by atoms with Crippen LogP contribution in [-0.4, -0.2) is 47.0 Å². The van der Waals surface area contributed by atoms with Crippen LogP contribution in [0.15, 0.2) is 22.7 Å². The first-order valence-corrected chi connectivity index (χ1v) is 8.54. The quantitative estimate of drug-likeness (QED) is 0.871. The van der Waals surface area contributed by atoms with E-state index >= 15 is 0 Å². The summed E-state index contributed by atoms with van der Waals surface area (Å²) >= 11 is 0. The van der Waals surface area contributed by atoms with Gasteiger partial charge in [-0.25, -0.2) is 4.98 Å². The van der Waals surface area contributed by atoms with E-state index < -0.39 is 0 Å². The Morgan fingerprint density at radius 1 is 1.22 bits per heavy atom. The van der Waals surface area contributed by atoms with Gasteiger partial charge in [0, 0.05) is 38.8 Å². The van der Waals surface area contributed by atoms with Crippen molar-refractivity contribution in [3.05, 3.63) is 18.3 Å². The van der Waals surface area contributed by atoms with Gasteiger partial charge >= 0.3 is 0 Å². The standard InChI is InChI=1S/C17H22N4O2/c22-15(12-13-4-1-2-5-13)20-8-10-21(11-9-20)17-19-14-6-3-7-18-16(14)23-17/h3,6-7,13H,1-2,4-5,8-12H2. The molecule has 0 N–H and O–H groups in total. The first-order chi connectivity index (χ1) is 11.3. The average Bonchev–Trinajstić information content (AvgIpc) is 3.24. The van der Waals surface area contributed by atoms with Gasteiger partial charge in [-0.3, -0.25) is 4.79 Å². The fraction of sp³-hybridized carbons (Fsp3) is 0.588. The highest BCUT2D eigenvalue weighted by Crippen LogP contribution is 2.28. The third-order valence-corrected chi connectivity index (χ3v) is 5.00. The molecular formula is C17H22N4O2. The lowest BCUT2D eigenvalue weighted by Gasteiger charge is -2.34. The molecule has 6 heteroatoms. The Balaban J connectivity index is 1.35. The van der Waals surface area contributed by atoms with Crippen LogP contribution < -0.4 is 4.90 Å². The van der Waals surface area contributed by atoms with Crippen LogP contribution in [0.25, 0.3) is 11.2 Å². The molecule has 0 radical (unpaired) electrons. The van der Waals surface area contributed by atoms with Crippen molar-refractivity contribution in [1.82, 2.24) is 14.9 Å². The zero-order valence-electron chi connectivity index (χ0n) is 13.3. The van der Waals surface area contributed by atoms with Gasteiger partial charge in [0.25, 0.3) is 6.01 Å². The molecule has 0 unspecified atom stereocenters. The fourth-order valence-corrected chi connectivity index (χ4v) is 3.63. The Labute approximate surface area is 135 Å². The van der Waals surface area contributed by atoms with Crippen molar-refractivity contribution in [3.8, 4) is 0 Å². The maximum absolute atomic E-state index is 12.4. The maximum atomic E-state index is 12.4. The molecule has 1 aliphatic carbocycles. The maximum Gasteiger partial charge on any atom is 0.299 e. The highest BCUT2D eigenvalue weighted by atomic mass is 16.4. The summed E-state index contributed by atoms with van der Waals surface area (Å²) in [5.74, 6) is 0.930. The number of carbonyl (C=O) groups is 1. The molecular weight excluding hydrogens is 292 g/mol. The Bertz CT molecular complexity index is 652. The van der Waals surface area contributed by atoms with Crippen LogP contribution in [0.4, 0.5) is 6.01 Å². The topological polar surface area (TPSA) is 62.5 Å². The van der Waals surface area contributed by atoms with Gasteiger partial charge in [-0.15, -0.1) is 0 Å². The van der Waals surface area contributed by atoms with Gasteiger partial charge in [-0.05, 0) is 30.9 Å². The molecule has 2 aliphatic rings. The van der Waals surface area contributed by atoms with Crippen molar-refractivity contribution in [2.75, 3.05) is 31.1 Å². The number of piperazine rings is 1. The van der Waals surface area contributed by atoms with E-state index in [1.165, 1.54) is 25.7 Å². The van der Waals surface area contributed by atoms with E-state index in [1.807, 2.05) is 17.0 Å². The van der Waals surface area contributed by atoms with Crippen LogP contribution >= 0.6 is 0 Å². The summed E-state index contributed by atoms with van der Waals surface area (Å²) in [7, 11) is 0. The minimum absolute atomic E-state index is 0.316. The minimum atomic E-state index is 0.316. The molecule has 6 nitrogen and oxygen atoms in total. The SMILES string of the molecule is O=C(CC1CCCC1)N1CCN(c2nc3cccnc3o2)CC1. The largest absolute Gasteiger partial charge is 0.404 e.